The minimum atomic E-state index is -0.354. The van der Waals surface area contributed by atoms with Crippen LogP contribution in [0.25, 0.3) is 0 Å². The van der Waals surface area contributed by atoms with Gasteiger partial charge in [0, 0.05) is 17.5 Å². The molecule has 1 aliphatic rings. The van der Waals surface area contributed by atoms with Gasteiger partial charge in [0.15, 0.2) is 23.0 Å². The van der Waals surface area contributed by atoms with Crippen molar-refractivity contribution in [1.82, 2.24) is 0 Å². The van der Waals surface area contributed by atoms with Crippen LogP contribution in [0.3, 0.4) is 0 Å². The Morgan fingerprint density at radius 3 is 2.00 bits per heavy atom. The van der Waals surface area contributed by atoms with Gasteiger partial charge < -0.3 is 28.6 Å². The van der Waals surface area contributed by atoms with Gasteiger partial charge in [0.1, 0.15) is 0 Å². The molecule has 0 aliphatic carbocycles. The Labute approximate surface area is 213 Å². The molecule has 1 aliphatic heterocycles. The van der Waals surface area contributed by atoms with Crippen LogP contribution in [0.15, 0.2) is 60.7 Å². The summed E-state index contributed by atoms with van der Waals surface area (Å²) < 4.78 is 27.9. The lowest BCUT2D eigenvalue weighted by atomic mass is 9.77. The van der Waals surface area contributed by atoms with Crippen molar-refractivity contribution in [2.24, 2.45) is 0 Å². The average molecular weight is 542 g/mol. The van der Waals surface area contributed by atoms with Crippen LogP contribution < -0.4 is 28.6 Å². The molecule has 1 fully saturated rings. The zero-order chi connectivity index (χ0) is 24.9. The molecule has 184 valence electrons. The lowest BCUT2D eigenvalue weighted by Gasteiger charge is -2.48. The summed E-state index contributed by atoms with van der Waals surface area (Å²) in [7, 11) is 6.27. The van der Waals surface area contributed by atoms with Crippen LogP contribution in [0.5, 0.6) is 28.7 Å². The fraction of sp³-hybridized carbons (Fsp3) is 0.296. The maximum absolute atomic E-state index is 13.6. The van der Waals surface area contributed by atoms with E-state index in [2.05, 4.69) is 15.9 Å². The standard InChI is InChI=1S/C27H28BrNO6/c1-31-20-11-10-18(14-21(20)35-13-12-28)25-24(17-8-6-5-7-9-17)27(30)29(25)19-15-22(32-2)26(34-4)23(16-19)33-3/h5-11,14-16,24-25H,12-13H2,1-4H3/t24-,25-/m0/s1. The van der Waals surface area contributed by atoms with Crippen LogP contribution in [0.2, 0.25) is 0 Å². The second kappa shape index (κ2) is 10.9. The van der Waals surface area contributed by atoms with Gasteiger partial charge in [-0.3, -0.25) is 4.79 Å². The summed E-state index contributed by atoms with van der Waals surface area (Å²) in [6.45, 7) is 0.488. The Kier molecular flexibility index (Phi) is 7.70. The molecule has 4 rings (SSSR count). The SMILES string of the molecule is COc1ccc([C@H]2[C@H](c3ccccc3)C(=O)N2c2cc(OC)c(OC)c(OC)c2)cc1OCCBr. The second-order valence-corrected chi connectivity index (χ2v) is 8.67. The maximum Gasteiger partial charge on any atom is 0.237 e. The molecule has 1 heterocycles. The Morgan fingerprint density at radius 1 is 0.771 bits per heavy atom. The third kappa shape index (κ3) is 4.62. The number of hydrogen-bond donors (Lipinski definition) is 0. The summed E-state index contributed by atoms with van der Waals surface area (Å²) in [6, 6.07) is 18.9. The van der Waals surface area contributed by atoms with Crippen LogP contribution in [0, 0.1) is 0 Å². The summed E-state index contributed by atoms with van der Waals surface area (Å²) in [5, 5.41) is 0.687. The fourth-order valence-corrected chi connectivity index (χ4v) is 4.61. The highest BCUT2D eigenvalue weighted by molar-refractivity contribution is 9.09. The number of carbonyl (C=O) groups is 1. The van der Waals surface area contributed by atoms with Crippen LogP contribution in [0.4, 0.5) is 5.69 Å². The van der Waals surface area contributed by atoms with E-state index < -0.39 is 0 Å². The Balaban J connectivity index is 1.83. The first kappa shape index (κ1) is 24.7. The van der Waals surface area contributed by atoms with Gasteiger partial charge >= 0.3 is 0 Å². The predicted octanol–water partition coefficient (Wildman–Crippen LogP) is 5.37. The summed E-state index contributed by atoms with van der Waals surface area (Å²) in [6.07, 6.45) is 0. The molecule has 0 radical (unpaired) electrons. The molecule has 1 amide bonds. The summed E-state index contributed by atoms with van der Waals surface area (Å²) in [5.74, 6) is 2.32. The van der Waals surface area contributed by atoms with Crippen LogP contribution in [-0.2, 0) is 4.79 Å². The number of benzene rings is 3. The number of alkyl halides is 1. The summed E-state index contributed by atoms with van der Waals surface area (Å²) in [5.41, 5.74) is 2.53. The topological polar surface area (TPSA) is 66.5 Å². The van der Waals surface area contributed by atoms with Gasteiger partial charge in [-0.2, -0.15) is 0 Å². The number of nitrogens with zero attached hydrogens (tertiary/aromatic N) is 1. The molecule has 0 aromatic heterocycles. The summed E-state index contributed by atoms with van der Waals surface area (Å²) >= 11 is 3.40. The molecule has 3 aromatic carbocycles. The molecule has 8 heteroatoms. The monoisotopic (exact) mass is 541 g/mol. The number of β-lactam (4-membered cyclic amide) rings is 1. The number of carbonyl (C=O) groups excluding carboxylic acids is 1. The lowest BCUT2D eigenvalue weighted by molar-refractivity contribution is -0.126. The number of hydrogen-bond acceptors (Lipinski definition) is 6. The Bertz CT molecular complexity index is 1160. The Hall–Kier alpha value is -3.39. The minimum Gasteiger partial charge on any atom is -0.493 e. The highest BCUT2D eigenvalue weighted by Crippen LogP contribution is 2.52. The van der Waals surface area contributed by atoms with Crippen molar-refractivity contribution in [3.05, 3.63) is 71.8 Å². The van der Waals surface area contributed by atoms with E-state index in [1.54, 1.807) is 45.5 Å². The van der Waals surface area contributed by atoms with E-state index in [1.807, 2.05) is 48.5 Å². The largest absolute Gasteiger partial charge is 0.493 e. The van der Waals surface area contributed by atoms with Crippen molar-refractivity contribution in [2.45, 2.75) is 12.0 Å². The highest BCUT2D eigenvalue weighted by Gasteiger charge is 2.50. The van der Waals surface area contributed by atoms with Crippen molar-refractivity contribution in [1.29, 1.82) is 0 Å². The molecule has 0 spiro atoms. The van der Waals surface area contributed by atoms with E-state index in [1.165, 1.54) is 0 Å². The quantitative estimate of drug-likeness (QED) is 0.254. The van der Waals surface area contributed by atoms with Gasteiger partial charge in [-0.05, 0) is 23.3 Å². The molecule has 2 atom stereocenters. The second-order valence-electron chi connectivity index (χ2n) is 7.87. The molecule has 0 N–H and O–H groups in total. The van der Waals surface area contributed by atoms with Crippen LogP contribution in [-0.4, -0.2) is 46.3 Å². The van der Waals surface area contributed by atoms with Crippen molar-refractivity contribution in [3.8, 4) is 28.7 Å². The van der Waals surface area contributed by atoms with Gasteiger partial charge in [0.2, 0.25) is 11.7 Å². The normalized spacial score (nSPS) is 16.9. The first-order chi connectivity index (χ1) is 17.1. The van der Waals surface area contributed by atoms with Gasteiger partial charge in [-0.1, -0.05) is 52.3 Å². The molecule has 0 unspecified atom stereocenters. The molecular weight excluding hydrogens is 514 g/mol. The molecular formula is C27H28BrNO6. The Morgan fingerprint density at radius 2 is 1.43 bits per heavy atom. The number of methoxy groups -OCH3 is 4. The summed E-state index contributed by atoms with van der Waals surface area (Å²) in [4.78, 5) is 15.4. The number of anilines is 1. The average Bonchev–Trinajstić information content (AvgIpc) is 2.90. The molecule has 3 aromatic rings. The minimum absolute atomic E-state index is 0.0192. The maximum atomic E-state index is 13.6. The number of amides is 1. The fourth-order valence-electron chi connectivity index (χ4n) is 4.45. The zero-order valence-electron chi connectivity index (χ0n) is 20.1. The van der Waals surface area contributed by atoms with E-state index in [4.69, 9.17) is 23.7 Å². The lowest BCUT2D eigenvalue weighted by Crippen LogP contribution is -2.53. The molecule has 1 saturated heterocycles. The van der Waals surface area contributed by atoms with Gasteiger partial charge in [0.05, 0.1) is 52.7 Å². The number of halogens is 1. The van der Waals surface area contributed by atoms with Gasteiger partial charge in [-0.15, -0.1) is 0 Å². The third-order valence-electron chi connectivity index (χ3n) is 6.05. The van der Waals surface area contributed by atoms with Gasteiger partial charge in [-0.25, -0.2) is 0 Å². The van der Waals surface area contributed by atoms with E-state index in [9.17, 15) is 4.79 Å². The van der Waals surface area contributed by atoms with Crippen molar-refractivity contribution >= 4 is 27.5 Å². The molecule has 0 saturated carbocycles. The zero-order valence-corrected chi connectivity index (χ0v) is 21.7. The van der Waals surface area contributed by atoms with E-state index >= 15 is 0 Å². The smallest absolute Gasteiger partial charge is 0.237 e. The van der Waals surface area contributed by atoms with Crippen molar-refractivity contribution < 1.29 is 28.5 Å². The van der Waals surface area contributed by atoms with Crippen molar-refractivity contribution in [2.75, 3.05) is 45.3 Å². The highest BCUT2D eigenvalue weighted by atomic mass is 79.9. The van der Waals surface area contributed by atoms with Crippen molar-refractivity contribution in [3.63, 3.8) is 0 Å². The number of ether oxygens (including phenoxy) is 5. The molecule has 7 nitrogen and oxygen atoms in total. The third-order valence-corrected chi connectivity index (χ3v) is 6.37. The molecule has 0 bridgehead atoms. The van der Waals surface area contributed by atoms with Crippen LogP contribution >= 0.6 is 15.9 Å². The molecule has 35 heavy (non-hydrogen) atoms. The first-order valence-electron chi connectivity index (χ1n) is 11.1. The van der Waals surface area contributed by atoms with E-state index in [-0.39, 0.29) is 17.9 Å². The van der Waals surface area contributed by atoms with E-state index in [0.29, 0.717) is 46.4 Å². The van der Waals surface area contributed by atoms with Gasteiger partial charge in [0.25, 0.3) is 0 Å². The van der Waals surface area contributed by atoms with Crippen LogP contribution in [0.1, 0.15) is 23.1 Å². The predicted molar refractivity (Wildman–Crippen MR) is 138 cm³/mol. The van der Waals surface area contributed by atoms with E-state index in [0.717, 1.165) is 11.1 Å². The first-order valence-corrected chi connectivity index (χ1v) is 12.2. The number of rotatable bonds is 10.